The number of carbonyl (C=O) groups is 1. The van der Waals surface area contributed by atoms with Gasteiger partial charge in [0.1, 0.15) is 0 Å². The van der Waals surface area contributed by atoms with E-state index in [-0.39, 0.29) is 12.0 Å². The highest BCUT2D eigenvalue weighted by Crippen LogP contribution is 2.32. The van der Waals surface area contributed by atoms with Crippen LogP contribution in [0.1, 0.15) is 15.9 Å². The van der Waals surface area contributed by atoms with Crippen molar-refractivity contribution in [1.82, 2.24) is 10.6 Å². The van der Waals surface area contributed by atoms with Crippen LogP contribution in [-0.4, -0.2) is 38.3 Å². The molecule has 0 unspecified atom stereocenters. The Kier molecular flexibility index (Phi) is 5.58. The highest BCUT2D eigenvalue weighted by molar-refractivity contribution is 5.95. The highest BCUT2D eigenvalue weighted by atomic mass is 19.4. The van der Waals surface area contributed by atoms with Gasteiger partial charge in [-0.05, 0) is 35.4 Å². The minimum Gasteiger partial charge on any atom is -0.374 e. The van der Waals surface area contributed by atoms with Gasteiger partial charge >= 0.3 is 6.18 Å². The van der Waals surface area contributed by atoms with Crippen molar-refractivity contribution in [3.63, 3.8) is 0 Å². The molecule has 2 N–H and O–H groups in total. The maximum atomic E-state index is 12.9. The summed E-state index contributed by atoms with van der Waals surface area (Å²) in [6, 6.07) is 11.6. The first-order valence-electron chi connectivity index (χ1n) is 8.32. The maximum Gasteiger partial charge on any atom is 0.416 e. The number of amides is 1. The zero-order valence-corrected chi connectivity index (χ0v) is 14.0. The third-order valence-corrected chi connectivity index (χ3v) is 4.14. The molecule has 1 heterocycles. The fraction of sp³-hybridized carbons (Fsp3) is 0.316. The standard InChI is InChI=1S/C19H19F3N2O2/c20-19(21,22)16-6-2-4-14(10-16)13-3-1-5-15(9-13)18(25)24-12-17-11-23-7-8-26-17/h1-6,9-10,17,23H,7-8,11-12H2,(H,24,25)/t17-/m0/s1. The van der Waals surface area contributed by atoms with Gasteiger partial charge in [-0.3, -0.25) is 4.79 Å². The molecule has 1 aliphatic heterocycles. The smallest absolute Gasteiger partial charge is 0.374 e. The van der Waals surface area contributed by atoms with Crippen molar-refractivity contribution in [2.45, 2.75) is 12.3 Å². The zero-order valence-electron chi connectivity index (χ0n) is 14.0. The van der Waals surface area contributed by atoms with Gasteiger partial charge in [0.15, 0.2) is 0 Å². The van der Waals surface area contributed by atoms with E-state index in [9.17, 15) is 18.0 Å². The molecule has 0 spiro atoms. The largest absolute Gasteiger partial charge is 0.416 e. The van der Waals surface area contributed by atoms with E-state index in [1.807, 2.05) is 0 Å². The summed E-state index contributed by atoms with van der Waals surface area (Å²) in [5.41, 5.74) is 0.643. The molecule has 2 aromatic rings. The van der Waals surface area contributed by atoms with Gasteiger partial charge in [0, 0.05) is 25.2 Å². The Labute approximate surface area is 149 Å². The Hall–Kier alpha value is -2.38. The number of morpholine rings is 1. The number of ether oxygens (including phenoxy) is 1. The molecule has 0 aliphatic carbocycles. The van der Waals surface area contributed by atoms with E-state index in [1.54, 1.807) is 30.3 Å². The topological polar surface area (TPSA) is 50.4 Å². The molecule has 1 saturated heterocycles. The molecule has 1 fully saturated rings. The van der Waals surface area contributed by atoms with Gasteiger partial charge in [0.2, 0.25) is 0 Å². The molecule has 2 aromatic carbocycles. The molecule has 0 radical (unpaired) electrons. The maximum absolute atomic E-state index is 12.9. The third-order valence-electron chi connectivity index (χ3n) is 4.14. The van der Waals surface area contributed by atoms with Gasteiger partial charge in [-0.2, -0.15) is 13.2 Å². The van der Waals surface area contributed by atoms with Gasteiger partial charge in [0.25, 0.3) is 5.91 Å². The quantitative estimate of drug-likeness (QED) is 0.877. The van der Waals surface area contributed by atoms with Crippen LogP contribution in [0.25, 0.3) is 11.1 Å². The summed E-state index contributed by atoms with van der Waals surface area (Å²) in [4.78, 5) is 12.3. The molecule has 1 amide bonds. The lowest BCUT2D eigenvalue weighted by molar-refractivity contribution is -0.137. The molecule has 0 aromatic heterocycles. The minimum absolute atomic E-state index is 0.0839. The van der Waals surface area contributed by atoms with Gasteiger partial charge in [-0.15, -0.1) is 0 Å². The van der Waals surface area contributed by atoms with Crippen molar-refractivity contribution in [3.05, 3.63) is 59.7 Å². The van der Waals surface area contributed by atoms with Crippen molar-refractivity contribution >= 4 is 5.91 Å². The van der Waals surface area contributed by atoms with E-state index in [2.05, 4.69) is 10.6 Å². The van der Waals surface area contributed by atoms with Crippen LogP contribution in [0.3, 0.4) is 0 Å². The van der Waals surface area contributed by atoms with Crippen LogP contribution in [0.5, 0.6) is 0 Å². The summed E-state index contributed by atoms with van der Waals surface area (Å²) in [5.74, 6) is -0.284. The Bertz CT molecular complexity index is 771. The number of benzene rings is 2. The summed E-state index contributed by atoms with van der Waals surface area (Å²) in [6.45, 7) is 2.44. The number of alkyl halides is 3. The first-order chi connectivity index (χ1) is 12.4. The molecule has 26 heavy (non-hydrogen) atoms. The highest BCUT2D eigenvalue weighted by Gasteiger charge is 2.30. The van der Waals surface area contributed by atoms with Crippen LogP contribution in [0.4, 0.5) is 13.2 Å². The third kappa shape index (κ3) is 4.62. The number of hydrogen-bond acceptors (Lipinski definition) is 3. The first kappa shape index (κ1) is 18.4. The second-order valence-electron chi connectivity index (χ2n) is 6.07. The molecular formula is C19H19F3N2O2. The van der Waals surface area contributed by atoms with Crippen LogP contribution in [0.15, 0.2) is 48.5 Å². The molecule has 0 bridgehead atoms. The second kappa shape index (κ2) is 7.88. The average molecular weight is 364 g/mol. The number of hydrogen-bond donors (Lipinski definition) is 2. The van der Waals surface area contributed by atoms with E-state index in [0.29, 0.717) is 36.4 Å². The molecule has 138 valence electrons. The molecule has 0 saturated carbocycles. The fourth-order valence-corrected chi connectivity index (χ4v) is 2.77. The fourth-order valence-electron chi connectivity index (χ4n) is 2.77. The Morgan fingerprint density at radius 2 is 1.88 bits per heavy atom. The Balaban J connectivity index is 1.72. The molecule has 1 atom stereocenters. The van der Waals surface area contributed by atoms with Gasteiger partial charge in [-0.25, -0.2) is 0 Å². The van der Waals surface area contributed by atoms with Gasteiger partial charge in [-0.1, -0.05) is 24.3 Å². The molecule has 1 aliphatic rings. The SMILES string of the molecule is O=C(NC[C@@H]1CNCCO1)c1cccc(-c2cccc(C(F)(F)F)c2)c1. The lowest BCUT2D eigenvalue weighted by atomic mass is 10.0. The summed E-state index contributed by atoms with van der Waals surface area (Å²) < 4.78 is 44.2. The van der Waals surface area contributed by atoms with Crippen molar-refractivity contribution in [2.75, 3.05) is 26.2 Å². The van der Waals surface area contributed by atoms with Crippen molar-refractivity contribution in [3.8, 4) is 11.1 Å². The molecule has 7 heteroatoms. The predicted molar refractivity (Wildman–Crippen MR) is 91.8 cm³/mol. The van der Waals surface area contributed by atoms with Crippen LogP contribution < -0.4 is 10.6 Å². The normalized spacial score (nSPS) is 17.7. The minimum atomic E-state index is -4.40. The number of rotatable bonds is 4. The molecular weight excluding hydrogens is 345 g/mol. The van der Waals surface area contributed by atoms with Crippen LogP contribution >= 0.6 is 0 Å². The summed E-state index contributed by atoms with van der Waals surface area (Å²) in [6.07, 6.45) is -4.49. The van der Waals surface area contributed by atoms with E-state index in [0.717, 1.165) is 18.7 Å². The summed E-state index contributed by atoms with van der Waals surface area (Å²) in [5, 5.41) is 5.98. The lowest BCUT2D eigenvalue weighted by Crippen LogP contribution is -2.45. The van der Waals surface area contributed by atoms with E-state index >= 15 is 0 Å². The van der Waals surface area contributed by atoms with E-state index < -0.39 is 11.7 Å². The van der Waals surface area contributed by atoms with Crippen molar-refractivity contribution < 1.29 is 22.7 Å². The van der Waals surface area contributed by atoms with E-state index in [4.69, 9.17) is 4.74 Å². The number of carbonyl (C=O) groups excluding carboxylic acids is 1. The molecule has 3 rings (SSSR count). The van der Waals surface area contributed by atoms with Gasteiger partial charge < -0.3 is 15.4 Å². The predicted octanol–water partition coefficient (Wildman–Crippen LogP) is 3.09. The molecule has 4 nitrogen and oxygen atoms in total. The van der Waals surface area contributed by atoms with E-state index in [1.165, 1.54) is 6.07 Å². The van der Waals surface area contributed by atoms with Crippen LogP contribution in [0.2, 0.25) is 0 Å². The monoisotopic (exact) mass is 364 g/mol. The second-order valence-corrected chi connectivity index (χ2v) is 6.07. The lowest BCUT2D eigenvalue weighted by Gasteiger charge is -2.23. The summed E-state index contributed by atoms with van der Waals surface area (Å²) >= 11 is 0. The van der Waals surface area contributed by atoms with Crippen LogP contribution in [-0.2, 0) is 10.9 Å². The Morgan fingerprint density at radius 1 is 1.15 bits per heavy atom. The average Bonchev–Trinajstić information content (AvgIpc) is 2.66. The number of nitrogens with one attached hydrogen (secondary N) is 2. The first-order valence-corrected chi connectivity index (χ1v) is 8.32. The van der Waals surface area contributed by atoms with Gasteiger partial charge in [0.05, 0.1) is 18.3 Å². The van der Waals surface area contributed by atoms with Crippen molar-refractivity contribution in [1.29, 1.82) is 0 Å². The number of halogens is 3. The zero-order chi connectivity index (χ0) is 18.6. The Morgan fingerprint density at radius 3 is 2.58 bits per heavy atom. The van der Waals surface area contributed by atoms with Crippen molar-refractivity contribution in [2.24, 2.45) is 0 Å². The summed E-state index contributed by atoms with van der Waals surface area (Å²) in [7, 11) is 0. The van der Waals surface area contributed by atoms with Crippen LogP contribution in [0, 0.1) is 0 Å².